The molecule has 0 unspecified atom stereocenters. The van der Waals surface area contributed by atoms with Crippen LogP contribution in [0.5, 0.6) is 0 Å². The van der Waals surface area contributed by atoms with Crippen molar-refractivity contribution in [2.24, 2.45) is 0 Å². The van der Waals surface area contributed by atoms with Crippen molar-refractivity contribution in [3.63, 3.8) is 0 Å². The topological polar surface area (TPSA) is 0 Å². The Morgan fingerprint density at radius 1 is 0.781 bits per heavy atom. The highest BCUT2D eigenvalue weighted by Gasteiger charge is 2.11. The minimum Gasteiger partial charge on any atom is -0.206 e. The molecule has 0 bridgehead atoms. The molecule has 162 valence electrons. The van der Waals surface area contributed by atoms with Gasteiger partial charge in [-0.05, 0) is 84.5 Å². The monoisotopic (exact) mass is 446 g/mol. The molecule has 0 saturated heterocycles. The summed E-state index contributed by atoms with van der Waals surface area (Å²) in [5.41, 5.74) is 4.06. The second-order valence-corrected chi connectivity index (χ2v) is 8.46. The second-order valence-electron chi connectivity index (χ2n) is 8.02. The largest absolute Gasteiger partial charge is 0.206 e. The van der Waals surface area contributed by atoms with E-state index in [1.807, 2.05) is 67.6 Å². The van der Waals surface area contributed by atoms with E-state index in [0.717, 1.165) is 41.3 Å². The van der Waals surface area contributed by atoms with Crippen LogP contribution in [0.15, 0.2) is 84.9 Å². The number of fused-ring (bicyclic) bond motifs is 1. The molecule has 0 aromatic heterocycles. The van der Waals surface area contributed by atoms with Crippen LogP contribution in [-0.4, -0.2) is 0 Å². The van der Waals surface area contributed by atoms with Gasteiger partial charge in [-0.25, -0.2) is 8.78 Å². The first-order valence-electron chi connectivity index (χ1n) is 10.9. The van der Waals surface area contributed by atoms with Crippen molar-refractivity contribution in [1.29, 1.82) is 0 Å². The van der Waals surface area contributed by atoms with Gasteiger partial charge in [-0.3, -0.25) is 0 Å². The van der Waals surface area contributed by atoms with E-state index in [9.17, 15) is 4.39 Å². The Morgan fingerprint density at radius 3 is 2.31 bits per heavy atom. The average molecular weight is 447 g/mol. The van der Waals surface area contributed by atoms with Crippen LogP contribution in [0.4, 0.5) is 8.78 Å². The molecule has 4 aromatic rings. The number of hydrogen-bond acceptors (Lipinski definition) is 0. The van der Waals surface area contributed by atoms with Crippen molar-refractivity contribution < 1.29 is 8.78 Å². The third kappa shape index (κ3) is 5.08. The number of hydrogen-bond donors (Lipinski definition) is 0. The molecule has 0 radical (unpaired) electrons. The summed E-state index contributed by atoms with van der Waals surface area (Å²) in [5, 5.41) is 2.03. The lowest BCUT2D eigenvalue weighted by atomic mass is 9.96. The molecule has 4 rings (SSSR count). The minimum atomic E-state index is -0.248. The summed E-state index contributed by atoms with van der Waals surface area (Å²) in [6.45, 7) is 1.98. The maximum atomic E-state index is 15.1. The van der Waals surface area contributed by atoms with Crippen LogP contribution in [0.2, 0.25) is 5.02 Å². The van der Waals surface area contributed by atoms with Gasteiger partial charge in [0.15, 0.2) is 0 Å². The lowest BCUT2D eigenvalue weighted by Gasteiger charge is -2.10. The zero-order chi connectivity index (χ0) is 22.5. The first-order chi connectivity index (χ1) is 15.5. The Morgan fingerprint density at radius 2 is 1.56 bits per heavy atom. The summed E-state index contributed by atoms with van der Waals surface area (Å²) < 4.78 is 29.9. The van der Waals surface area contributed by atoms with Crippen molar-refractivity contribution in [2.75, 3.05) is 0 Å². The van der Waals surface area contributed by atoms with Gasteiger partial charge in [-0.2, -0.15) is 0 Å². The van der Waals surface area contributed by atoms with Crippen LogP contribution in [0.25, 0.3) is 21.9 Å². The standard InChI is InChI=1S/C29H25ClF2/c1-2-3-4-5-21-9-16-26(28(31)18-21)23-13-17-27-24(19-23)12-11-22(29(27)32)10-6-20-7-14-25(30)15-8-20/h2-3,7-9,11-19H,4-6,10H2,1H3/b3-2+. The molecule has 0 spiro atoms. The third-order valence-electron chi connectivity index (χ3n) is 5.81. The molecule has 0 aliphatic heterocycles. The Kier molecular flexibility index (Phi) is 7.02. The Labute approximate surface area is 193 Å². The molecule has 32 heavy (non-hydrogen) atoms. The van der Waals surface area contributed by atoms with Crippen molar-refractivity contribution in [3.8, 4) is 11.1 Å². The van der Waals surface area contributed by atoms with Gasteiger partial charge in [0.25, 0.3) is 0 Å². The fourth-order valence-electron chi connectivity index (χ4n) is 3.99. The van der Waals surface area contributed by atoms with Gasteiger partial charge >= 0.3 is 0 Å². The molecular weight excluding hydrogens is 422 g/mol. The summed E-state index contributed by atoms with van der Waals surface area (Å²) in [6.07, 6.45) is 7.13. The zero-order valence-electron chi connectivity index (χ0n) is 18.0. The van der Waals surface area contributed by atoms with Crippen LogP contribution in [0, 0.1) is 11.6 Å². The molecule has 0 atom stereocenters. The maximum absolute atomic E-state index is 15.1. The fourth-order valence-corrected chi connectivity index (χ4v) is 4.12. The van der Waals surface area contributed by atoms with Crippen molar-refractivity contribution >= 4 is 22.4 Å². The molecule has 0 saturated carbocycles. The summed E-state index contributed by atoms with van der Waals surface area (Å²) >= 11 is 5.93. The Bertz CT molecular complexity index is 1260. The SMILES string of the molecule is C/C=C/CCc1ccc(-c2ccc3c(F)c(CCc4ccc(Cl)cc4)ccc3c2)c(F)c1. The quantitative estimate of drug-likeness (QED) is 0.249. The van der Waals surface area contributed by atoms with Gasteiger partial charge in [0.05, 0.1) is 0 Å². The van der Waals surface area contributed by atoms with Crippen LogP contribution in [0.3, 0.4) is 0 Å². The zero-order valence-corrected chi connectivity index (χ0v) is 18.8. The smallest absolute Gasteiger partial charge is 0.134 e. The summed E-state index contributed by atoms with van der Waals surface area (Å²) in [5.74, 6) is -0.454. The molecule has 0 nitrogen and oxygen atoms in total. The summed E-state index contributed by atoms with van der Waals surface area (Å²) in [6, 6.07) is 22.2. The van der Waals surface area contributed by atoms with Gasteiger partial charge in [-0.1, -0.05) is 72.3 Å². The average Bonchev–Trinajstić information content (AvgIpc) is 2.80. The predicted molar refractivity (Wildman–Crippen MR) is 131 cm³/mol. The Hall–Kier alpha value is -2.97. The van der Waals surface area contributed by atoms with E-state index in [4.69, 9.17) is 11.6 Å². The predicted octanol–water partition coefficient (Wildman–Crippen LogP) is 8.73. The van der Waals surface area contributed by atoms with Crippen LogP contribution >= 0.6 is 11.6 Å². The molecular formula is C29H25ClF2. The normalized spacial score (nSPS) is 11.5. The van der Waals surface area contributed by atoms with E-state index in [0.29, 0.717) is 28.0 Å². The molecule has 0 aliphatic rings. The maximum Gasteiger partial charge on any atom is 0.134 e. The molecule has 3 heteroatoms. The van der Waals surface area contributed by atoms with E-state index in [1.165, 1.54) is 0 Å². The highest BCUT2D eigenvalue weighted by atomic mass is 35.5. The number of allylic oxidation sites excluding steroid dienone is 2. The van der Waals surface area contributed by atoms with Crippen LogP contribution in [0.1, 0.15) is 30.0 Å². The van der Waals surface area contributed by atoms with Crippen molar-refractivity contribution in [2.45, 2.75) is 32.6 Å². The second kappa shape index (κ2) is 10.1. The van der Waals surface area contributed by atoms with E-state index >= 15 is 4.39 Å². The van der Waals surface area contributed by atoms with Crippen molar-refractivity contribution in [3.05, 3.63) is 118 Å². The highest BCUT2D eigenvalue weighted by molar-refractivity contribution is 6.30. The molecule has 0 N–H and O–H groups in total. The number of aryl methyl sites for hydroxylation is 3. The van der Waals surface area contributed by atoms with Gasteiger partial charge in [0.2, 0.25) is 0 Å². The van der Waals surface area contributed by atoms with Gasteiger partial charge in [0, 0.05) is 16.0 Å². The van der Waals surface area contributed by atoms with Crippen molar-refractivity contribution in [1.82, 2.24) is 0 Å². The molecule has 0 aliphatic carbocycles. The van der Waals surface area contributed by atoms with E-state index in [-0.39, 0.29) is 11.6 Å². The number of halogens is 3. The minimum absolute atomic E-state index is 0.206. The summed E-state index contributed by atoms with van der Waals surface area (Å²) in [4.78, 5) is 0. The number of rotatable bonds is 7. The van der Waals surface area contributed by atoms with E-state index < -0.39 is 0 Å². The first kappa shape index (κ1) is 22.2. The molecule has 0 fully saturated rings. The lowest BCUT2D eigenvalue weighted by molar-refractivity contribution is 0.620. The highest BCUT2D eigenvalue weighted by Crippen LogP contribution is 2.30. The molecule has 0 amide bonds. The van der Waals surface area contributed by atoms with Crippen LogP contribution in [-0.2, 0) is 19.3 Å². The fraction of sp³-hybridized carbons (Fsp3) is 0.172. The summed E-state index contributed by atoms with van der Waals surface area (Å²) in [7, 11) is 0. The first-order valence-corrected chi connectivity index (χ1v) is 11.3. The molecule has 4 aromatic carbocycles. The number of benzene rings is 4. The van der Waals surface area contributed by atoms with Gasteiger partial charge in [0.1, 0.15) is 11.6 Å². The van der Waals surface area contributed by atoms with Crippen LogP contribution < -0.4 is 0 Å². The van der Waals surface area contributed by atoms with Gasteiger partial charge in [-0.15, -0.1) is 0 Å². The van der Waals surface area contributed by atoms with E-state index in [1.54, 1.807) is 18.2 Å². The lowest BCUT2D eigenvalue weighted by Crippen LogP contribution is -1.96. The molecule has 0 heterocycles. The van der Waals surface area contributed by atoms with E-state index in [2.05, 4.69) is 6.08 Å². The third-order valence-corrected chi connectivity index (χ3v) is 6.06. The van der Waals surface area contributed by atoms with Gasteiger partial charge < -0.3 is 0 Å². The Balaban J connectivity index is 1.55.